The molecule has 0 aromatic heterocycles. The molecule has 0 aromatic carbocycles. The van der Waals surface area contributed by atoms with E-state index in [0.717, 1.165) is 6.42 Å². The average Bonchev–Trinajstić information content (AvgIpc) is 2.32. The van der Waals surface area contributed by atoms with E-state index in [9.17, 15) is 4.79 Å². The summed E-state index contributed by atoms with van der Waals surface area (Å²) < 4.78 is 15.9. The molecular weight excluding hydrogens is 268 g/mol. The third kappa shape index (κ3) is 10.7. The Kier molecular flexibility index (Phi) is 9.14. The van der Waals surface area contributed by atoms with Crippen LogP contribution in [0.15, 0.2) is 0 Å². The van der Waals surface area contributed by atoms with Crippen LogP contribution in [0.1, 0.15) is 54.9 Å². The van der Waals surface area contributed by atoms with Gasteiger partial charge in [0, 0.05) is 6.61 Å². The minimum absolute atomic E-state index is 0.0964. The van der Waals surface area contributed by atoms with Crippen molar-refractivity contribution in [2.24, 2.45) is 16.7 Å². The number of hydrogen-bond donors (Lipinski definition) is 0. The maximum absolute atomic E-state index is 12.3. The molecule has 0 aliphatic rings. The van der Waals surface area contributed by atoms with Crippen LogP contribution in [0, 0.1) is 16.7 Å². The molecule has 0 amide bonds. The molecule has 0 saturated carbocycles. The molecule has 0 bridgehead atoms. The van der Waals surface area contributed by atoms with Crippen molar-refractivity contribution < 1.29 is 19.0 Å². The van der Waals surface area contributed by atoms with Gasteiger partial charge in [0.05, 0.1) is 25.7 Å². The van der Waals surface area contributed by atoms with E-state index in [1.54, 1.807) is 0 Å². The van der Waals surface area contributed by atoms with Crippen LogP contribution in [0.3, 0.4) is 0 Å². The Hall–Kier alpha value is -0.610. The van der Waals surface area contributed by atoms with Gasteiger partial charge in [-0.05, 0) is 24.2 Å². The molecule has 0 radical (unpaired) electrons. The van der Waals surface area contributed by atoms with E-state index in [4.69, 9.17) is 14.2 Å². The SMILES string of the molecule is CCOCCOCCOC(=O)C(CC(C)(C)C)C(C)(C)C. The number of hydrogen-bond acceptors (Lipinski definition) is 4. The minimum Gasteiger partial charge on any atom is -0.463 e. The van der Waals surface area contributed by atoms with Gasteiger partial charge in [0.25, 0.3) is 0 Å². The second-order valence-electron chi connectivity index (χ2n) is 7.66. The first-order valence-corrected chi connectivity index (χ1v) is 7.90. The monoisotopic (exact) mass is 302 g/mol. The van der Waals surface area contributed by atoms with E-state index >= 15 is 0 Å². The molecule has 126 valence electrons. The van der Waals surface area contributed by atoms with Gasteiger partial charge in [-0.3, -0.25) is 4.79 Å². The summed E-state index contributed by atoms with van der Waals surface area (Å²) in [4.78, 5) is 12.3. The van der Waals surface area contributed by atoms with Gasteiger partial charge in [-0.2, -0.15) is 0 Å². The van der Waals surface area contributed by atoms with E-state index in [1.807, 2.05) is 6.92 Å². The Morgan fingerprint density at radius 1 is 0.905 bits per heavy atom. The van der Waals surface area contributed by atoms with E-state index < -0.39 is 0 Å². The first-order valence-electron chi connectivity index (χ1n) is 7.90. The second kappa shape index (κ2) is 9.42. The number of esters is 1. The maximum Gasteiger partial charge on any atom is 0.309 e. The molecule has 0 aliphatic carbocycles. The zero-order valence-electron chi connectivity index (χ0n) is 15.0. The summed E-state index contributed by atoms with van der Waals surface area (Å²) in [6.45, 7) is 17.2. The van der Waals surface area contributed by atoms with Crippen molar-refractivity contribution in [3.63, 3.8) is 0 Å². The maximum atomic E-state index is 12.3. The van der Waals surface area contributed by atoms with Crippen LogP contribution in [0.4, 0.5) is 0 Å². The van der Waals surface area contributed by atoms with E-state index in [-0.39, 0.29) is 22.7 Å². The Bertz CT molecular complexity index is 286. The van der Waals surface area contributed by atoms with E-state index in [2.05, 4.69) is 41.5 Å². The van der Waals surface area contributed by atoms with Gasteiger partial charge >= 0.3 is 5.97 Å². The molecule has 4 heteroatoms. The summed E-state index contributed by atoms with van der Waals surface area (Å²) in [5.74, 6) is -0.216. The first-order chi connectivity index (χ1) is 9.58. The predicted molar refractivity (Wildman–Crippen MR) is 85.3 cm³/mol. The van der Waals surface area contributed by atoms with Crippen molar-refractivity contribution in [2.75, 3.05) is 33.0 Å². The van der Waals surface area contributed by atoms with Crippen LogP contribution >= 0.6 is 0 Å². The quantitative estimate of drug-likeness (QED) is 0.481. The second-order valence-corrected chi connectivity index (χ2v) is 7.66. The molecule has 21 heavy (non-hydrogen) atoms. The van der Waals surface area contributed by atoms with Crippen LogP contribution in [0.25, 0.3) is 0 Å². The topological polar surface area (TPSA) is 44.8 Å². The zero-order chi connectivity index (χ0) is 16.5. The van der Waals surface area contributed by atoms with Gasteiger partial charge in [0.1, 0.15) is 6.61 Å². The zero-order valence-corrected chi connectivity index (χ0v) is 15.0. The lowest BCUT2D eigenvalue weighted by Gasteiger charge is -2.33. The number of ether oxygens (including phenoxy) is 3. The predicted octanol–water partition coefficient (Wildman–Crippen LogP) is 3.68. The molecule has 0 spiro atoms. The lowest BCUT2D eigenvalue weighted by molar-refractivity contribution is -0.155. The first kappa shape index (κ1) is 20.4. The summed E-state index contributed by atoms with van der Waals surface area (Å²) in [7, 11) is 0. The summed E-state index contributed by atoms with van der Waals surface area (Å²) in [5.41, 5.74) is 0.00510. The molecule has 0 aliphatic heterocycles. The molecule has 0 aromatic rings. The minimum atomic E-state index is -0.120. The van der Waals surface area contributed by atoms with Crippen LogP contribution < -0.4 is 0 Å². The van der Waals surface area contributed by atoms with Crippen molar-refractivity contribution in [1.82, 2.24) is 0 Å². The van der Waals surface area contributed by atoms with Gasteiger partial charge in [0.2, 0.25) is 0 Å². The fraction of sp³-hybridized carbons (Fsp3) is 0.941. The Morgan fingerprint density at radius 3 is 1.90 bits per heavy atom. The van der Waals surface area contributed by atoms with Crippen LogP contribution in [-0.2, 0) is 19.0 Å². The summed E-state index contributed by atoms with van der Waals surface area (Å²) in [6, 6.07) is 0. The third-order valence-electron chi connectivity index (χ3n) is 3.19. The summed E-state index contributed by atoms with van der Waals surface area (Å²) in [5, 5.41) is 0. The van der Waals surface area contributed by atoms with Gasteiger partial charge in [-0.15, -0.1) is 0 Å². The largest absolute Gasteiger partial charge is 0.463 e. The van der Waals surface area contributed by atoms with E-state index in [1.165, 1.54) is 0 Å². The Morgan fingerprint density at radius 2 is 1.43 bits per heavy atom. The highest BCUT2D eigenvalue weighted by atomic mass is 16.6. The third-order valence-corrected chi connectivity index (χ3v) is 3.19. The summed E-state index contributed by atoms with van der Waals surface area (Å²) in [6.07, 6.45) is 0.820. The van der Waals surface area contributed by atoms with Crippen molar-refractivity contribution in [3.8, 4) is 0 Å². The molecule has 0 fully saturated rings. The average molecular weight is 302 g/mol. The van der Waals surface area contributed by atoms with Gasteiger partial charge in [0.15, 0.2) is 0 Å². The molecule has 0 heterocycles. The summed E-state index contributed by atoms with van der Waals surface area (Å²) >= 11 is 0. The highest BCUT2D eigenvalue weighted by Gasteiger charge is 2.35. The van der Waals surface area contributed by atoms with Crippen LogP contribution in [-0.4, -0.2) is 39.0 Å². The fourth-order valence-corrected chi connectivity index (χ4v) is 2.02. The Balaban J connectivity index is 4.13. The molecule has 1 atom stereocenters. The van der Waals surface area contributed by atoms with E-state index in [0.29, 0.717) is 33.0 Å². The van der Waals surface area contributed by atoms with Crippen molar-refractivity contribution in [2.45, 2.75) is 54.9 Å². The van der Waals surface area contributed by atoms with Gasteiger partial charge in [-0.25, -0.2) is 0 Å². The lowest BCUT2D eigenvalue weighted by Crippen LogP contribution is -2.34. The lowest BCUT2D eigenvalue weighted by atomic mass is 9.72. The van der Waals surface area contributed by atoms with Crippen molar-refractivity contribution in [1.29, 1.82) is 0 Å². The molecule has 0 saturated heterocycles. The highest BCUT2D eigenvalue weighted by molar-refractivity contribution is 5.73. The van der Waals surface area contributed by atoms with Crippen LogP contribution in [0.5, 0.6) is 0 Å². The number of carbonyl (C=O) groups is 1. The molecule has 0 rings (SSSR count). The molecule has 1 unspecified atom stereocenters. The van der Waals surface area contributed by atoms with Crippen molar-refractivity contribution in [3.05, 3.63) is 0 Å². The molecule has 4 nitrogen and oxygen atoms in total. The van der Waals surface area contributed by atoms with Gasteiger partial charge in [-0.1, -0.05) is 41.5 Å². The van der Waals surface area contributed by atoms with Crippen molar-refractivity contribution >= 4 is 5.97 Å². The number of rotatable bonds is 9. The molecular formula is C17H34O4. The normalized spacial score (nSPS) is 14.0. The standard InChI is InChI=1S/C17H34O4/c1-8-19-9-10-20-11-12-21-15(18)14(17(5,6)7)13-16(2,3)4/h14H,8-13H2,1-7H3. The fourth-order valence-electron chi connectivity index (χ4n) is 2.02. The number of carbonyl (C=O) groups excluding carboxylic acids is 1. The highest BCUT2D eigenvalue weighted by Crippen LogP contribution is 2.36. The smallest absolute Gasteiger partial charge is 0.309 e. The van der Waals surface area contributed by atoms with Crippen LogP contribution in [0.2, 0.25) is 0 Å². The molecule has 0 N–H and O–H groups in total. The Labute approximate surface area is 130 Å². The van der Waals surface area contributed by atoms with Gasteiger partial charge < -0.3 is 14.2 Å².